The van der Waals surface area contributed by atoms with E-state index >= 15 is 0 Å². The van der Waals surface area contributed by atoms with Crippen molar-refractivity contribution < 1.29 is 14.4 Å². The fourth-order valence-corrected chi connectivity index (χ4v) is 1.45. The van der Waals surface area contributed by atoms with E-state index in [1.807, 2.05) is 0 Å². The Morgan fingerprint density at radius 3 is 2.82 bits per heavy atom. The third-order valence-electron chi connectivity index (χ3n) is 2.35. The van der Waals surface area contributed by atoms with Gasteiger partial charge in [0.05, 0.1) is 5.56 Å². The SMILES string of the molecule is Cc1cc(NC(=O)c2cccc(C)c2O)no1. The molecule has 0 unspecified atom stereocenters. The molecule has 1 aromatic carbocycles. The van der Waals surface area contributed by atoms with Crippen LogP contribution in [0.4, 0.5) is 5.82 Å². The lowest BCUT2D eigenvalue weighted by Gasteiger charge is -2.05. The topological polar surface area (TPSA) is 75.4 Å². The minimum absolute atomic E-state index is 0.0229. The van der Waals surface area contributed by atoms with E-state index in [2.05, 4.69) is 10.5 Å². The number of carbonyl (C=O) groups is 1. The number of carbonyl (C=O) groups excluding carboxylic acids is 1. The standard InChI is InChI=1S/C12H12N2O3/c1-7-4-3-5-9(11(7)15)12(16)13-10-6-8(2)17-14-10/h3-6,15H,1-2H3,(H,13,14,16). The van der Waals surface area contributed by atoms with Crippen LogP contribution >= 0.6 is 0 Å². The number of phenols is 1. The number of hydrogen-bond acceptors (Lipinski definition) is 4. The van der Waals surface area contributed by atoms with Crippen LogP contribution < -0.4 is 5.32 Å². The van der Waals surface area contributed by atoms with E-state index in [9.17, 15) is 9.90 Å². The molecule has 2 N–H and O–H groups in total. The van der Waals surface area contributed by atoms with Crippen molar-refractivity contribution in [1.29, 1.82) is 0 Å². The quantitative estimate of drug-likeness (QED) is 0.832. The van der Waals surface area contributed by atoms with Gasteiger partial charge >= 0.3 is 0 Å². The minimum atomic E-state index is -0.417. The van der Waals surface area contributed by atoms with Crippen molar-refractivity contribution in [3.63, 3.8) is 0 Å². The number of aryl methyl sites for hydroxylation is 2. The van der Waals surface area contributed by atoms with Crippen LogP contribution in [0.15, 0.2) is 28.8 Å². The summed E-state index contributed by atoms with van der Waals surface area (Å²) in [7, 11) is 0. The van der Waals surface area contributed by atoms with Gasteiger partial charge in [-0.25, -0.2) is 0 Å². The van der Waals surface area contributed by atoms with Gasteiger partial charge in [0.15, 0.2) is 5.82 Å². The number of anilines is 1. The van der Waals surface area contributed by atoms with Crippen LogP contribution in [-0.4, -0.2) is 16.2 Å². The van der Waals surface area contributed by atoms with Crippen molar-refractivity contribution in [1.82, 2.24) is 5.16 Å². The van der Waals surface area contributed by atoms with Gasteiger partial charge in [-0.05, 0) is 25.5 Å². The third-order valence-corrected chi connectivity index (χ3v) is 2.35. The summed E-state index contributed by atoms with van der Waals surface area (Å²) in [6, 6.07) is 6.58. The lowest BCUT2D eigenvalue weighted by atomic mass is 10.1. The predicted molar refractivity (Wildman–Crippen MR) is 62.0 cm³/mol. The molecule has 0 spiro atoms. The van der Waals surface area contributed by atoms with Gasteiger partial charge < -0.3 is 14.9 Å². The van der Waals surface area contributed by atoms with Crippen LogP contribution in [0.2, 0.25) is 0 Å². The molecular weight excluding hydrogens is 220 g/mol. The van der Waals surface area contributed by atoms with Gasteiger partial charge in [0.2, 0.25) is 0 Å². The predicted octanol–water partition coefficient (Wildman–Crippen LogP) is 2.25. The molecule has 1 aromatic heterocycles. The maximum atomic E-state index is 11.8. The molecule has 5 heteroatoms. The first-order chi connectivity index (χ1) is 8.08. The molecule has 0 saturated carbocycles. The number of hydrogen-bond donors (Lipinski definition) is 2. The molecule has 1 heterocycles. The Balaban J connectivity index is 2.23. The number of nitrogens with one attached hydrogen (secondary N) is 1. The monoisotopic (exact) mass is 232 g/mol. The fourth-order valence-electron chi connectivity index (χ4n) is 1.45. The lowest BCUT2D eigenvalue weighted by molar-refractivity contribution is 0.102. The van der Waals surface area contributed by atoms with E-state index in [0.717, 1.165) is 0 Å². The Morgan fingerprint density at radius 1 is 1.41 bits per heavy atom. The molecular formula is C12H12N2O3. The molecule has 0 saturated heterocycles. The first kappa shape index (κ1) is 11.2. The number of benzene rings is 1. The minimum Gasteiger partial charge on any atom is -0.507 e. The Hall–Kier alpha value is -2.30. The first-order valence-corrected chi connectivity index (χ1v) is 5.11. The summed E-state index contributed by atoms with van der Waals surface area (Å²) in [5, 5.41) is 15.9. The van der Waals surface area contributed by atoms with E-state index in [-0.39, 0.29) is 11.3 Å². The average Bonchev–Trinajstić information content (AvgIpc) is 2.68. The van der Waals surface area contributed by atoms with E-state index < -0.39 is 5.91 Å². The molecule has 2 rings (SSSR count). The molecule has 0 aliphatic rings. The molecule has 17 heavy (non-hydrogen) atoms. The summed E-state index contributed by atoms with van der Waals surface area (Å²) in [5.41, 5.74) is 0.861. The molecule has 5 nitrogen and oxygen atoms in total. The van der Waals surface area contributed by atoms with Gasteiger partial charge in [-0.15, -0.1) is 0 Å². The second-order valence-corrected chi connectivity index (χ2v) is 3.75. The van der Waals surface area contributed by atoms with Crippen molar-refractivity contribution in [3.05, 3.63) is 41.2 Å². The summed E-state index contributed by atoms with van der Waals surface area (Å²) in [5.74, 6) is 0.492. The summed E-state index contributed by atoms with van der Waals surface area (Å²) >= 11 is 0. The Kier molecular flexibility index (Phi) is 2.82. The molecule has 0 aliphatic carbocycles. The van der Waals surface area contributed by atoms with E-state index in [4.69, 9.17) is 4.52 Å². The van der Waals surface area contributed by atoms with Crippen molar-refractivity contribution in [2.45, 2.75) is 13.8 Å². The highest BCUT2D eigenvalue weighted by Crippen LogP contribution is 2.22. The number of rotatable bonds is 2. The summed E-state index contributed by atoms with van der Waals surface area (Å²) in [4.78, 5) is 11.8. The van der Waals surface area contributed by atoms with Crippen molar-refractivity contribution in [2.75, 3.05) is 5.32 Å². The molecule has 0 aliphatic heterocycles. The number of aromatic hydroxyl groups is 1. The van der Waals surface area contributed by atoms with Crippen LogP contribution in [0.25, 0.3) is 0 Å². The van der Waals surface area contributed by atoms with E-state index in [1.165, 1.54) is 0 Å². The first-order valence-electron chi connectivity index (χ1n) is 5.11. The van der Waals surface area contributed by atoms with Crippen LogP contribution in [0.5, 0.6) is 5.75 Å². The Labute approximate surface area is 98.1 Å². The molecule has 2 aromatic rings. The van der Waals surface area contributed by atoms with Crippen molar-refractivity contribution in [3.8, 4) is 5.75 Å². The van der Waals surface area contributed by atoms with Crippen molar-refractivity contribution >= 4 is 11.7 Å². The maximum Gasteiger partial charge on any atom is 0.260 e. The molecule has 0 fully saturated rings. The van der Waals surface area contributed by atoms with Gasteiger partial charge in [0.1, 0.15) is 11.5 Å². The molecule has 0 bridgehead atoms. The smallest absolute Gasteiger partial charge is 0.260 e. The number of amides is 1. The second-order valence-electron chi connectivity index (χ2n) is 3.75. The molecule has 0 radical (unpaired) electrons. The fraction of sp³-hybridized carbons (Fsp3) is 0.167. The average molecular weight is 232 g/mol. The normalized spacial score (nSPS) is 10.2. The zero-order valence-corrected chi connectivity index (χ0v) is 9.52. The van der Waals surface area contributed by atoms with Crippen molar-refractivity contribution in [2.24, 2.45) is 0 Å². The van der Waals surface area contributed by atoms with E-state index in [0.29, 0.717) is 17.1 Å². The highest BCUT2D eigenvalue weighted by molar-refractivity contribution is 6.05. The zero-order valence-electron chi connectivity index (χ0n) is 9.52. The van der Waals surface area contributed by atoms with Gasteiger partial charge in [-0.1, -0.05) is 17.3 Å². The largest absolute Gasteiger partial charge is 0.507 e. The summed E-state index contributed by atoms with van der Waals surface area (Å²) < 4.78 is 4.83. The van der Waals surface area contributed by atoms with Gasteiger partial charge in [0, 0.05) is 6.07 Å². The van der Waals surface area contributed by atoms with Gasteiger partial charge in [-0.2, -0.15) is 0 Å². The third kappa shape index (κ3) is 2.28. The van der Waals surface area contributed by atoms with E-state index in [1.54, 1.807) is 38.1 Å². The number of para-hydroxylation sites is 1. The Bertz CT molecular complexity index is 561. The van der Waals surface area contributed by atoms with Gasteiger partial charge in [0.25, 0.3) is 5.91 Å². The second kappa shape index (κ2) is 4.29. The number of aromatic nitrogens is 1. The molecule has 1 amide bonds. The molecule has 88 valence electrons. The summed E-state index contributed by atoms with van der Waals surface area (Å²) in [6.45, 7) is 3.46. The van der Waals surface area contributed by atoms with Gasteiger partial charge in [-0.3, -0.25) is 4.79 Å². The van der Waals surface area contributed by atoms with Crippen LogP contribution in [-0.2, 0) is 0 Å². The number of nitrogens with zero attached hydrogens (tertiary/aromatic N) is 1. The molecule has 0 atom stereocenters. The number of phenolic OH excluding ortho intramolecular Hbond substituents is 1. The highest BCUT2D eigenvalue weighted by atomic mass is 16.5. The van der Waals surface area contributed by atoms with Crippen LogP contribution in [0.3, 0.4) is 0 Å². The van der Waals surface area contributed by atoms with Crippen LogP contribution in [0, 0.1) is 13.8 Å². The lowest BCUT2D eigenvalue weighted by Crippen LogP contribution is -2.12. The maximum absolute atomic E-state index is 11.8. The highest BCUT2D eigenvalue weighted by Gasteiger charge is 2.13. The summed E-state index contributed by atoms with van der Waals surface area (Å²) in [6.07, 6.45) is 0. The Morgan fingerprint density at radius 2 is 2.18 bits per heavy atom. The van der Waals surface area contributed by atoms with Crippen LogP contribution in [0.1, 0.15) is 21.7 Å². The zero-order chi connectivity index (χ0) is 12.4.